The number of thiophene rings is 1. The van der Waals surface area contributed by atoms with Gasteiger partial charge in [0.2, 0.25) is 0 Å². The third-order valence-electron chi connectivity index (χ3n) is 13.3. The van der Waals surface area contributed by atoms with Gasteiger partial charge in [-0.1, -0.05) is 166 Å². The van der Waals surface area contributed by atoms with Gasteiger partial charge < -0.3 is 4.90 Å². The lowest BCUT2D eigenvalue weighted by Gasteiger charge is -2.26. The van der Waals surface area contributed by atoms with Crippen LogP contribution in [0.5, 0.6) is 0 Å². The zero-order chi connectivity index (χ0) is 42.1. The second-order valence-electron chi connectivity index (χ2n) is 17.4. The molecule has 0 amide bonds. The van der Waals surface area contributed by atoms with Crippen molar-refractivity contribution in [3.8, 4) is 55.6 Å². The maximum atomic E-state index is 2.41. The minimum atomic E-state index is -0.0436. The SMILES string of the molecule is CC1(C)c2ccccc2-c2ccc(-c3ccc(N(c4ccc(-c5cccc(-c6ccc7ccccc7c6)c5)cc4)c4ccc(-c5ccc6sc7ccccc7c6c5)cc4)cc3)cc21. The predicted octanol–water partition coefficient (Wildman–Crippen LogP) is 17.7. The molecule has 0 atom stereocenters. The normalized spacial score (nSPS) is 12.7. The quantitative estimate of drug-likeness (QED) is 0.155. The molecule has 0 radical (unpaired) electrons. The Labute approximate surface area is 372 Å². The topological polar surface area (TPSA) is 3.24 Å². The molecule has 1 heterocycles. The van der Waals surface area contributed by atoms with Gasteiger partial charge in [0, 0.05) is 42.6 Å². The van der Waals surface area contributed by atoms with E-state index >= 15 is 0 Å². The van der Waals surface area contributed by atoms with Crippen molar-refractivity contribution in [1.82, 2.24) is 0 Å². The molecule has 0 unspecified atom stereocenters. The molecule has 298 valence electrons. The molecule has 1 aromatic heterocycles. The highest BCUT2D eigenvalue weighted by molar-refractivity contribution is 7.25. The standard InChI is InChI=1S/C61H43NS/c1-61(2)57-16-7-5-14-53(57)54-34-26-49(39-58(54)61)43-24-32-52(33-25-43)62(51-30-22-42(23-31-51)48-27-35-60-56(38-48)55-15-6-8-17-59(55)63-60)50-28-20-41(21-29-50)45-12-9-13-46(36-45)47-19-18-40-10-3-4-11-44(40)37-47/h3-39H,1-2H3. The summed E-state index contributed by atoms with van der Waals surface area (Å²) in [5.41, 5.74) is 18.5. The van der Waals surface area contributed by atoms with Crippen LogP contribution in [0.3, 0.4) is 0 Å². The second kappa shape index (κ2) is 14.8. The number of nitrogens with zero attached hydrogens (tertiary/aromatic N) is 1. The van der Waals surface area contributed by atoms with Gasteiger partial charge in [-0.3, -0.25) is 0 Å². The molecule has 12 rings (SSSR count). The Bertz CT molecular complexity index is 3520. The summed E-state index contributed by atoms with van der Waals surface area (Å²) in [6.07, 6.45) is 0. The second-order valence-corrected chi connectivity index (χ2v) is 18.4. The Hall–Kier alpha value is -7.52. The summed E-state index contributed by atoms with van der Waals surface area (Å²) < 4.78 is 2.65. The van der Waals surface area contributed by atoms with Crippen LogP contribution in [0.15, 0.2) is 224 Å². The molecule has 0 bridgehead atoms. The first kappa shape index (κ1) is 37.3. The van der Waals surface area contributed by atoms with Crippen LogP contribution in [-0.4, -0.2) is 0 Å². The maximum absolute atomic E-state index is 2.41. The fourth-order valence-electron chi connectivity index (χ4n) is 9.89. The van der Waals surface area contributed by atoms with Crippen molar-refractivity contribution < 1.29 is 0 Å². The molecule has 0 saturated carbocycles. The fraction of sp³-hybridized carbons (Fsp3) is 0.0492. The molecular weight excluding hydrogens is 779 g/mol. The molecule has 0 fully saturated rings. The third-order valence-corrected chi connectivity index (χ3v) is 14.4. The van der Waals surface area contributed by atoms with E-state index < -0.39 is 0 Å². The van der Waals surface area contributed by atoms with Gasteiger partial charge in [0.15, 0.2) is 0 Å². The molecule has 63 heavy (non-hydrogen) atoms. The molecular formula is C61H43NS. The average molecular weight is 822 g/mol. The summed E-state index contributed by atoms with van der Waals surface area (Å²) in [7, 11) is 0. The van der Waals surface area contributed by atoms with Crippen LogP contribution in [0.1, 0.15) is 25.0 Å². The van der Waals surface area contributed by atoms with Crippen molar-refractivity contribution in [3.05, 3.63) is 236 Å². The van der Waals surface area contributed by atoms with Crippen LogP contribution >= 0.6 is 11.3 Å². The minimum absolute atomic E-state index is 0.0436. The lowest BCUT2D eigenvalue weighted by atomic mass is 9.81. The third kappa shape index (κ3) is 6.45. The highest BCUT2D eigenvalue weighted by Crippen LogP contribution is 2.50. The number of fused-ring (bicyclic) bond motifs is 7. The lowest BCUT2D eigenvalue weighted by molar-refractivity contribution is 0.660. The van der Waals surface area contributed by atoms with Crippen molar-refractivity contribution >= 4 is 59.3 Å². The van der Waals surface area contributed by atoms with E-state index in [1.165, 1.54) is 97.7 Å². The van der Waals surface area contributed by atoms with E-state index in [1.54, 1.807) is 0 Å². The molecule has 11 aromatic rings. The highest BCUT2D eigenvalue weighted by Gasteiger charge is 2.35. The van der Waals surface area contributed by atoms with E-state index in [-0.39, 0.29) is 5.41 Å². The Morgan fingerprint density at radius 1 is 0.317 bits per heavy atom. The van der Waals surface area contributed by atoms with Crippen molar-refractivity contribution in [3.63, 3.8) is 0 Å². The van der Waals surface area contributed by atoms with Gasteiger partial charge in [0.1, 0.15) is 0 Å². The van der Waals surface area contributed by atoms with Gasteiger partial charge in [-0.25, -0.2) is 0 Å². The van der Waals surface area contributed by atoms with Crippen LogP contribution in [-0.2, 0) is 5.41 Å². The molecule has 10 aromatic carbocycles. The molecule has 1 aliphatic rings. The lowest BCUT2D eigenvalue weighted by Crippen LogP contribution is -2.14. The monoisotopic (exact) mass is 821 g/mol. The summed E-state index contributed by atoms with van der Waals surface area (Å²) >= 11 is 1.86. The molecule has 0 N–H and O–H groups in total. The van der Waals surface area contributed by atoms with E-state index in [9.17, 15) is 0 Å². The van der Waals surface area contributed by atoms with Gasteiger partial charge in [-0.15, -0.1) is 11.3 Å². The molecule has 1 aliphatic carbocycles. The molecule has 2 heteroatoms. The first-order valence-electron chi connectivity index (χ1n) is 21.8. The number of hydrogen-bond donors (Lipinski definition) is 0. The summed E-state index contributed by atoms with van der Waals surface area (Å²) in [6.45, 7) is 4.70. The zero-order valence-corrected chi connectivity index (χ0v) is 36.0. The van der Waals surface area contributed by atoms with Gasteiger partial charge in [0.25, 0.3) is 0 Å². The summed E-state index contributed by atoms with van der Waals surface area (Å²) in [6, 6.07) is 82.9. The average Bonchev–Trinajstić information content (AvgIpc) is 3.83. The van der Waals surface area contributed by atoms with Crippen LogP contribution in [0.2, 0.25) is 0 Å². The van der Waals surface area contributed by atoms with Crippen LogP contribution in [0.4, 0.5) is 17.1 Å². The Morgan fingerprint density at radius 2 is 0.810 bits per heavy atom. The van der Waals surface area contributed by atoms with Crippen molar-refractivity contribution in [1.29, 1.82) is 0 Å². The largest absolute Gasteiger partial charge is 0.311 e. The van der Waals surface area contributed by atoms with E-state index in [4.69, 9.17) is 0 Å². The smallest absolute Gasteiger partial charge is 0.0462 e. The van der Waals surface area contributed by atoms with Crippen molar-refractivity contribution in [2.24, 2.45) is 0 Å². The first-order chi connectivity index (χ1) is 30.9. The molecule has 0 aliphatic heterocycles. The zero-order valence-electron chi connectivity index (χ0n) is 35.2. The van der Waals surface area contributed by atoms with E-state index in [0.29, 0.717) is 0 Å². The van der Waals surface area contributed by atoms with Crippen molar-refractivity contribution in [2.45, 2.75) is 19.3 Å². The maximum Gasteiger partial charge on any atom is 0.0462 e. The number of anilines is 3. The Kier molecular flexibility index (Phi) is 8.77. The minimum Gasteiger partial charge on any atom is -0.311 e. The van der Waals surface area contributed by atoms with E-state index in [1.807, 2.05) is 11.3 Å². The highest BCUT2D eigenvalue weighted by atomic mass is 32.1. The van der Waals surface area contributed by atoms with Crippen LogP contribution < -0.4 is 4.90 Å². The summed E-state index contributed by atoms with van der Waals surface area (Å²) in [5.74, 6) is 0. The van der Waals surface area contributed by atoms with E-state index in [2.05, 4.69) is 243 Å². The fourth-order valence-corrected chi connectivity index (χ4v) is 11.0. The van der Waals surface area contributed by atoms with Gasteiger partial charge in [-0.05, 0) is 150 Å². The van der Waals surface area contributed by atoms with Crippen LogP contribution in [0, 0.1) is 0 Å². The molecule has 0 spiro atoms. The van der Waals surface area contributed by atoms with Gasteiger partial charge in [-0.2, -0.15) is 0 Å². The Morgan fingerprint density at radius 3 is 1.52 bits per heavy atom. The van der Waals surface area contributed by atoms with Gasteiger partial charge >= 0.3 is 0 Å². The number of hydrogen-bond acceptors (Lipinski definition) is 2. The first-order valence-corrected chi connectivity index (χ1v) is 22.6. The van der Waals surface area contributed by atoms with E-state index in [0.717, 1.165) is 17.1 Å². The number of benzene rings is 10. The molecule has 1 nitrogen and oxygen atoms in total. The van der Waals surface area contributed by atoms with Gasteiger partial charge in [0.05, 0.1) is 0 Å². The Balaban J connectivity index is 0.898. The summed E-state index contributed by atoms with van der Waals surface area (Å²) in [5, 5.41) is 5.15. The van der Waals surface area contributed by atoms with Crippen LogP contribution in [0.25, 0.3) is 86.6 Å². The van der Waals surface area contributed by atoms with Crippen molar-refractivity contribution in [2.75, 3.05) is 4.90 Å². The number of rotatable bonds is 7. The predicted molar refractivity (Wildman–Crippen MR) is 271 cm³/mol. The summed E-state index contributed by atoms with van der Waals surface area (Å²) in [4.78, 5) is 2.38. The molecule has 0 saturated heterocycles.